The zero-order valence-electron chi connectivity index (χ0n) is 8.81. The molecule has 0 amide bonds. The lowest BCUT2D eigenvalue weighted by molar-refractivity contribution is -0.125. The first-order valence-electron chi connectivity index (χ1n) is 5.26. The zero-order chi connectivity index (χ0) is 9.84. The maximum absolute atomic E-state index is 11.5. The molecule has 0 aromatic carbocycles. The Bertz CT molecular complexity index is 205. The number of hydrogen-bond acceptors (Lipinski definition) is 1. The Kier molecular flexibility index (Phi) is 3.71. The molecule has 0 aromatic heterocycles. The monoisotopic (exact) mass is 180 g/mol. The van der Waals surface area contributed by atoms with E-state index >= 15 is 0 Å². The molecule has 1 aliphatic carbocycles. The summed E-state index contributed by atoms with van der Waals surface area (Å²) in [5.74, 6) is 1.56. The minimum absolute atomic E-state index is 0.334. The molecule has 1 fully saturated rings. The van der Waals surface area contributed by atoms with Crippen molar-refractivity contribution in [1.82, 2.24) is 0 Å². The van der Waals surface area contributed by atoms with Crippen LogP contribution in [0.1, 0.15) is 46.0 Å². The lowest BCUT2D eigenvalue weighted by atomic mass is 9.79. The van der Waals surface area contributed by atoms with Crippen LogP contribution in [0.4, 0.5) is 0 Å². The highest BCUT2D eigenvalue weighted by Gasteiger charge is 2.25. The van der Waals surface area contributed by atoms with Crippen molar-refractivity contribution in [2.24, 2.45) is 11.8 Å². The van der Waals surface area contributed by atoms with Gasteiger partial charge in [0.05, 0.1) is 0 Å². The van der Waals surface area contributed by atoms with Crippen molar-refractivity contribution in [3.05, 3.63) is 12.2 Å². The summed E-state index contributed by atoms with van der Waals surface area (Å²) in [5, 5.41) is 0. The summed E-state index contributed by atoms with van der Waals surface area (Å²) in [6, 6.07) is 0. The average molecular weight is 180 g/mol. The highest BCUT2D eigenvalue weighted by Crippen LogP contribution is 2.29. The van der Waals surface area contributed by atoms with Gasteiger partial charge in [0.2, 0.25) is 0 Å². The lowest BCUT2D eigenvalue weighted by Gasteiger charge is -2.25. The van der Waals surface area contributed by atoms with Gasteiger partial charge in [0, 0.05) is 12.3 Å². The largest absolute Gasteiger partial charge is 0.299 e. The van der Waals surface area contributed by atoms with Gasteiger partial charge >= 0.3 is 0 Å². The van der Waals surface area contributed by atoms with Crippen LogP contribution in [0.25, 0.3) is 0 Å². The van der Waals surface area contributed by atoms with Crippen LogP contribution >= 0.6 is 0 Å². The van der Waals surface area contributed by atoms with E-state index in [0.29, 0.717) is 11.7 Å². The Morgan fingerprint density at radius 1 is 1.62 bits per heavy atom. The molecule has 2 atom stereocenters. The molecule has 0 radical (unpaired) electrons. The molecule has 1 aliphatic rings. The molecular formula is C12H20O. The SMILES string of the molecule is C=C(C)CCC1CC(C)CCC1=O. The van der Waals surface area contributed by atoms with Gasteiger partial charge < -0.3 is 0 Å². The number of hydrogen-bond donors (Lipinski definition) is 0. The first kappa shape index (κ1) is 10.5. The molecule has 0 heterocycles. The van der Waals surface area contributed by atoms with Crippen LogP contribution in [-0.4, -0.2) is 5.78 Å². The Morgan fingerprint density at radius 3 is 2.92 bits per heavy atom. The fourth-order valence-corrected chi connectivity index (χ4v) is 2.03. The second-order valence-electron chi connectivity index (χ2n) is 4.54. The number of ketones is 1. The number of carbonyl (C=O) groups is 1. The third kappa shape index (κ3) is 3.33. The van der Waals surface area contributed by atoms with Crippen LogP contribution in [0.5, 0.6) is 0 Å². The molecule has 1 nitrogen and oxygen atoms in total. The van der Waals surface area contributed by atoms with Gasteiger partial charge in [-0.2, -0.15) is 0 Å². The Balaban J connectivity index is 2.37. The van der Waals surface area contributed by atoms with Gasteiger partial charge in [0.15, 0.2) is 0 Å². The smallest absolute Gasteiger partial charge is 0.136 e. The first-order valence-corrected chi connectivity index (χ1v) is 5.26. The van der Waals surface area contributed by atoms with Gasteiger partial charge in [0.25, 0.3) is 0 Å². The van der Waals surface area contributed by atoms with Crippen LogP contribution in [0.3, 0.4) is 0 Å². The minimum Gasteiger partial charge on any atom is -0.299 e. The molecular weight excluding hydrogens is 160 g/mol. The fraction of sp³-hybridized carbons (Fsp3) is 0.750. The molecule has 0 aromatic rings. The van der Waals surface area contributed by atoms with Crippen molar-refractivity contribution in [1.29, 1.82) is 0 Å². The number of Topliss-reactive ketones (excluding diaryl/α,β-unsaturated/α-hetero) is 1. The fourth-order valence-electron chi connectivity index (χ4n) is 2.03. The van der Waals surface area contributed by atoms with Gasteiger partial charge in [-0.1, -0.05) is 12.5 Å². The summed E-state index contributed by atoms with van der Waals surface area (Å²) in [6.07, 6.45) is 5.05. The van der Waals surface area contributed by atoms with E-state index in [2.05, 4.69) is 13.5 Å². The maximum Gasteiger partial charge on any atom is 0.136 e. The van der Waals surface area contributed by atoms with E-state index < -0.39 is 0 Å². The first-order chi connectivity index (χ1) is 6.09. The Morgan fingerprint density at radius 2 is 2.31 bits per heavy atom. The number of allylic oxidation sites excluding steroid dienone is 1. The van der Waals surface area contributed by atoms with E-state index in [-0.39, 0.29) is 0 Å². The third-order valence-electron chi connectivity index (χ3n) is 2.95. The summed E-state index contributed by atoms with van der Waals surface area (Å²) in [7, 11) is 0. The summed E-state index contributed by atoms with van der Waals surface area (Å²) in [4.78, 5) is 11.5. The summed E-state index contributed by atoms with van der Waals surface area (Å²) in [6.45, 7) is 8.16. The second kappa shape index (κ2) is 4.59. The number of rotatable bonds is 3. The maximum atomic E-state index is 11.5. The topological polar surface area (TPSA) is 17.1 Å². The second-order valence-corrected chi connectivity index (χ2v) is 4.54. The van der Waals surface area contributed by atoms with Crippen LogP contribution in [-0.2, 0) is 4.79 Å². The molecule has 0 aliphatic heterocycles. The van der Waals surface area contributed by atoms with Gasteiger partial charge in [-0.3, -0.25) is 4.79 Å². The Labute approximate surface area is 81.2 Å². The minimum atomic E-state index is 0.334. The highest BCUT2D eigenvalue weighted by atomic mass is 16.1. The van der Waals surface area contributed by atoms with Crippen molar-refractivity contribution in [3.8, 4) is 0 Å². The van der Waals surface area contributed by atoms with Crippen molar-refractivity contribution >= 4 is 5.78 Å². The van der Waals surface area contributed by atoms with Gasteiger partial charge in [-0.05, 0) is 38.5 Å². The molecule has 0 saturated heterocycles. The summed E-state index contributed by atoms with van der Waals surface area (Å²) in [5.41, 5.74) is 1.20. The molecule has 1 rings (SSSR count). The van der Waals surface area contributed by atoms with E-state index in [9.17, 15) is 4.79 Å². The van der Waals surface area contributed by atoms with Crippen molar-refractivity contribution in [2.45, 2.75) is 46.0 Å². The summed E-state index contributed by atoms with van der Waals surface area (Å²) < 4.78 is 0. The van der Waals surface area contributed by atoms with Crippen LogP contribution < -0.4 is 0 Å². The predicted octanol–water partition coefficient (Wildman–Crippen LogP) is 3.35. The number of carbonyl (C=O) groups excluding carboxylic acids is 1. The van der Waals surface area contributed by atoms with E-state index in [4.69, 9.17) is 0 Å². The van der Waals surface area contributed by atoms with Gasteiger partial charge in [0.1, 0.15) is 5.78 Å². The van der Waals surface area contributed by atoms with E-state index in [0.717, 1.165) is 38.0 Å². The third-order valence-corrected chi connectivity index (χ3v) is 2.95. The molecule has 1 saturated carbocycles. The molecule has 2 unspecified atom stereocenters. The van der Waals surface area contributed by atoms with Crippen LogP contribution in [0.2, 0.25) is 0 Å². The molecule has 0 bridgehead atoms. The standard InChI is InChI=1S/C12H20O/c1-9(2)4-6-11-8-10(3)5-7-12(11)13/h10-11H,1,4-8H2,2-3H3. The normalized spacial score (nSPS) is 28.9. The molecule has 0 spiro atoms. The lowest BCUT2D eigenvalue weighted by Crippen LogP contribution is -2.23. The highest BCUT2D eigenvalue weighted by molar-refractivity contribution is 5.81. The van der Waals surface area contributed by atoms with Crippen LogP contribution in [0.15, 0.2) is 12.2 Å². The van der Waals surface area contributed by atoms with E-state index in [1.165, 1.54) is 5.57 Å². The van der Waals surface area contributed by atoms with E-state index in [1.807, 2.05) is 6.92 Å². The predicted molar refractivity (Wildman–Crippen MR) is 55.6 cm³/mol. The van der Waals surface area contributed by atoms with Crippen molar-refractivity contribution in [3.63, 3.8) is 0 Å². The molecule has 1 heteroatoms. The Hall–Kier alpha value is -0.590. The van der Waals surface area contributed by atoms with E-state index in [1.54, 1.807) is 0 Å². The quantitative estimate of drug-likeness (QED) is 0.609. The van der Waals surface area contributed by atoms with Crippen molar-refractivity contribution < 1.29 is 4.79 Å². The summed E-state index contributed by atoms with van der Waals surface area (Å²) >= 11 is 0. The van der Waals surface area contributed by atoms with Crippen LogP contribution in [0, 0.1) is 11.8 Å². The molecule has 13 heavy (non-hydrogen) atoms. The zero-order valence-corrected chi connectivity index (χ0v) is 8.81. The molecule has 74 valence electrons. The van der Waals surface area contributed by atoms with Gasteiger partial charge in [-0.15, -0.1) is 6.58 Å². The molecule has 0 N–H and O–H groups in total. The van der Waals surface area contributed by atoms with Gasteiger partial charge in [-0.25, -0.2) is 0 Å². The average Bonchev–Trinajstić information content (AvgIpc) is 2.06. The van der Waals surface area contributed by atoms with Crippen molar-refractivity contribution in [2.75, 3.05) is 0 Å².